The van der Waals surface area contributed by atoms with E-state index < -0.39 is 11.7 Å². The zero-order valence-electron chi connectivity index (χ0n) is 16.9. The minimum Gasteiger partial charge on any atom is -0.444 e. The fraction of sp³-hybridized carbons (Fsp3) is 0.391. The minimum absolute atomic E-state index is 0.0131. The van der Waals surface area contributed by atoms with Crippen LogP contribution in [0.3, 0.4) is 0 Å². The van der Waals surface area contributed by atoms with Crippen molar-refractivity contribution in [1.29, 1.82) is 5.26 Å². The Hall–Kier alpha value is -3.20. The third-order valence-corrected chi connectivity index (χ3v) is 5.01. The van der Waals surface area contributed by atoms with E-state index in [2.05, 4.69) is 16.4 Å². The van der Waals surface area contributed by atoms with Crippen molar-refractivity contribution in [3.63, 3.8) is 0 Å². The number of amides is 1. The molecule has 1 aromatic heterocycles. The second kappa shape index (κ2) is 8.44. The summed E-state index contributed by atoms with van der Waals surface area (Å²) in [5, 5.41) is 12.2. The molecule has 1 heterocycles. The first-order valence-electron chi connectivity index (χ1n) is 9.74. The number of hydrogen-bond donors (Lipinski definition) is 1. The van der Waals surface area contributed by atoms with Crippen molar-refractivity contribution in [3.8, 4) is 17.2 Å². The molecule has 150 valence electrons. The fourth-order valence-electron chi connectivity index (χ4n) is 3.87. The summed E-state index contributed by atoms with van der Waals surface area (Å²) >= 11 is 0. The summed E-state index contributed by atoms with van der Waals surface area (Å²) in [7, 11) is 0. The van der Waals surface area contributed by atoms with Crippen molar-refractivity contribution < 1.29 is 14.3 Å². The normalized spacial score (nSPS) is 18.7. The van der Waals surface area contributed by atoms with Gasteiger partial charge in [0.05, 0.1) is 11.6 Å². The van der Waals surface area contributed by atoms with E-state index in [9.17, 15) is 14.9 Å². The van der Waals surface area contributed by atoms with Crippen molar-refractivity contribution >= 4 is 12.4 Å². The molecule has 1 aliphatic rings. The highest BCUT2D eigenvalue weighted by atomic mass is 16.6. The Labute approximate surface area is 170 Å². The molecule has 0 aliphatic heterocycles. The third kappa shape index (κ3) is 5.00. The monoisotopic (exact) mass is 391 g/mol. The van der Waals surface area contributed by atoms with Gasteiger partial charge in [-0.1, -0.05) is 12.1 Å². The van der Waals surface area contributed by atoms with Crippen LogP contribution in [0.15, 0.2) is 36.7 Å². The minimum atomic E-state index is -0.545. The van der Waals surface area contributed by atoms with Gasteiger partial charge in [0.25, 0.3) is 0 Å². The lowest BCUT2D eigenvalue weighted by atomic mass is 9.87. The number of aromatic nitrogens is 1. The first kappa shape index (κ1) is 20.5. The maximum atomic E-state index is 12.1. The Kier molecular flexibility index (Phi) is 5.97. The molecule has 0 saturated heterocycles. The van der Waals surface area contributed by atoms with E-state index in [0.717, 1.165) is 42.2 Å². The summed E-state index contributed by atoms with van der Waals surface area (Å²) < 4.78 is 5.36. The Morgan fingerprint density at radius 2 is 2.10 bits per heavy atom. The molecular weight excluding hydrogens is 366 g/mol. The summed E-state index contributed by atoms with van der Waals surface area (Å²) in [5.41, 5.74) is 3.21. The molecule has 1 fully saturated rings. The smallest absolute Gasteiger partial charge is 0.407 e. The van der Waals surface area contributed by atoms with Gasteiger partial charge in [-0.25, -0.2) is 4.79 Å². The van der Waals surface area contributed by atoms with Crippen LogP contribution in [0.2, 0.25) is 0 Å². The van der Waals surface area contributed by atoms with Crippen LogP contribution < -0.4 is 5.32 Å². The van der Waals surface area contributed by atoms with E-state index in [4.69, 9.17) is 4.74 Å². The van der Waals surface area contributed by atoms with Crippen LogP contribution in [0.25, 0.3) is 11.1 Å². The van der Waals surface area contributed by atoms with Gasteiger partial charge in [-0.2, -0.15) is 5.26 Å². The molecule has 2 aromatic rings. The molecule has 1 unspecified atom stereocenters. The number of aldehydes is 1. The highest BCUT2D eigenvalue weighted by molar-refractivity contribution is 5.83. The Bertz CT molecular complexity index is 957. The molecule has 3 rings (SSSR count). The summed E-state index contributed by atoms with van der Waals surface area (Å²) in [6.45, 7) is 5.50. The van der Waals surface area contributed by atoms with E-state index in [1.54, 1.807) is 24.5 Å². The standard InChI is InChI=1S/C23H25N3O3/c1-23(2,3)29-22(28)26-19-8-7-17(10-19)21-18(14-27)12-25-13-20(21)16-6-4-5-15(9-16)11-24/h4-6,9,12-14,17,19H,7-8,10H2,1-3H3,(H,26,28)/t17?,19-/m0/s1. The zero-order chi connectivity index (χ0) is 21.0. The molecule has 1 saturated carbocycles. The van der Waals surface area contributed by atoms with Gasteiger partial charge in [0.1, 0.15) is 5.60 Å². The highest BCUT2D eigenvalue weighted by Gasteiger charge is 2.31. The van der Waals surface area contributed by atoms with Gasteiger partial charge < -0.3 is 10.1 Å². The van der Waals surface area contributed by atoms with Gasteiger partial charge in [-0.05, 0) is 69.2 Å². The number of hydrogen-bond acceptors (Lipinski definition) is 5. The summed E-state index contributed by atoms with van der Waals surface area (Å²) in [4.78, 5) is 28.1. The van der Waals surface area contributed by atoms with Gasteiger partial charge in [-0.15, -0.1) is 0 Å². The highest BCUT2D eigenvalue weighted by Crippen LogP contribution is 2.40. The second-order valence-corrected chi connectivity index (χ2v) is 8.35. The number of nitrogens with one attached hydrogen (secondary N) is 1. The quantitative estimate of drug-likeness (QED) is 0.769. The summed E-state index contributed by atoms with van der Waals surface area (Å²) in [6.07, 6.45) is 6.10. The van der Waals surface area contributed by atoms with E-state index >= 15 is 0 Å². The van der Waals surface area contributed by atoms with Gasteiger partial charge in [-0.3, -0.25) is 9.78 Å². The lowest BCUT2D eigenvalue weighted by Gasteiger charge is -2.22. The molecule has 2 atom stereocenters. The lowest BCUT2D eigenvalue weighted by molar-refractivity contribution is 0.0505. The molecule has 6 nitrogen and oxygen atoms in total. The zero-order valence-corrected chi connectivity index (χ0v) is 16.9. The summed E-state index contributed by atoms with van der Waals surface area (Å²) in [5.74, 6) is 0.110. The first-order chi connectivity index (χ1) is 13.8. The van der Waals surface area contributed by atoms with Gasteiger partial charge in [0.15, 0.2) is 6.29 Å². The van der Waals surface area contributed by atoms with E-state index in [1.165, 1.54) is 0 Å². The van der Waals surface area contributed by atoms with Gasteiger partial charge in [0.2, 0.25) is 0 Å². The third-order valence-electron chi connectivity index (χ3n) is 5.01. The van der Waals surface area contributed by atoms with Crippen LogP contribution in [0.5, 0.6) is 0 Å². The van der Waals surface area contributed by atoms with Crippen LogP contribution in [0, 0.1) is 11.3 Å². The van der Waals surface area contributed by atoms with Crippen molar-refractivity contribution in [3.05, 3.63) is 53.3 Å². The van der Waals surface area contributed by atoms with Crippen LogP contribution in [0.4, 0.5) is 4.79 Å². The van der Waals surface area contributed by atoms with Crippen molar-refractivity contribution in [1.82, 2.24) is 10.3 Å². The molecule has 0 radical (unpaired) electrons. The molecule has 1 aliphatic carbocycles. The number of nitriles is 1. The number of rotatable bonds is 4. The number of benzene rings is 1. The molecule has 29 heavy (non-hydrogen) atoms. The Morgan fingerprint density at radius 1 is 1.31 bits per heavy atom. The molecule has 1 amide bonds. The molecular formula is C23H25N3O3. The number of nitrogens with zero attached hydrogens (tertiary/aromatic N) is 2. The lowest BCUT2D eigenvalue weighted by Crippen LogP contribution is -2.37. The summed E-state index contributed by atoms with van der Waals surface area (Å²) in [6, 6.07) is 9.43. The predicted molar refractivity (Wildman–Crippen MR) is 110 cm³/mol. The van der Waals surface area contributed by atoms with E-state index in [-0.39, 0.29) is 12.0 Å². The number of pyridine rings is 1. The first-order valence-corrected chi connectivity index (χ1v) is 9.74. The topological polar surface area (TPSA) is 92.1 Å². The molecule has 1 N–H and O–H groups in total. The molecule has 6 heteroatoms. The van der Waals surface area contributed by atoms with Crippen molar-refractivity contribution in [2.75, 3.05) is 0 Å². The van der Waals surface area contributed by atoms with Crippen LogP contribution in [-0.4, -0.2) is 29.0 Å². The number of carbonyl (C=O) groups is 2. The Morgan fingerprint density at radius 3 is 2.79 bits per heavy atom. The van der Waals surface area contributed by atoms with E-state index in [0.29, 0.717) is 11.1 Å². The predicted octanol–water partition coefficient (Wildman–Crippen LogP) is 4.59. The maximum absolute atomic E-state index is 12.1. The SMILES string of the molecule is CC(C)(C)OC(=O)N[C@H]1CCC(c2c(C=O)cncc2-c2cccc(C#N)c2)C1. The molecule has 1 aromatic carbocycles. The van der Waals surface area contributed by atoms with Gasteiger partial charge in [0, 0.05) is 29.6 Å². The van der Waals surface area contributed by atoms with Crippen molar-refractivity contribution in [2.24, 2.45) is 0 Å². The average molecular weight is 391 g/mol. The van der Waals surface area contributed by atoms with Crippen molar-refractivity contribution in [2.45, 2.75) is 57.6 Å². The van der Waals surface area contributed by atoms with Crippen LogP contribution in [0.1, 0.15) is 67.4 Å². The maximum Gasteiger partial charge on any atom is 0.407 e. The van der Waals surface area contributed by atoms with E-state index in [1.807, 2.05) is 32.9 Å². The largest absolute Gasteiger partial charge is 0.444 e. The fourth-order valence-corrected chi connectivity index (χ4v) is 3.87. The number of ether oxygens (including phenoxy) is 1. The Balaban J connectivity index is 1.86. The number of alkyl carbamates (subject to hydrolysis) is 1. The molecule has 0 spiro atoms. The van der Waals surface area contributed by atoms with Gasteiger partial charge >= 0.3 is 6.09 Å². The second-order valence-electron chi connectivity index (χ2n) is 8.35. The van der Waals surface area contributed by atoms with Crippen LogP contribution >= 0.6 is 0 Å². The molecule has 0 bridgehead atoms. The van der Waals surface area contributed by atoms with Crippen LogP contribution in [-0.2, 0) is 4.74 Å². The average Bonchev–Trinajstić information content (AvgIpc) is 3.13. The number of carbonyl (C=O) groups excluding carboxylic acids is 2.